The molecule has 0 unspecified atom stereocenters. The van der Waals surface area contributed by atoms with E-state index in [1.54, 1.807) is 19.2 Å². The zero-order chi connectivity index (χ0) is 11.3. The smallest absolute Gasteiger partial charge is 0.318 e. The van der Waals surface area contributed by atoms with Crippen molar-refractivity contribution in [2.45, 2.75) is 20.0 Å². The first kappa shape index (κ1) is 11.4. The first-order chi connectivity index (χ1) is 7.11. The molecule has 0 bridgehead atoms. The van der Waals surface area contributed by atoms with Gasteiger partial charge in [-0.25, -0.2) is 4.79 Å². The molecule has 1 rings (SSSR count). The molecule has 0 radical (unpaired) electrons. The summed E-state index contributed by atoms with van der Waals surface area (Å²) in [5.41, 5.74) is 0.741. The second kappa shape index (κ2) is 5.24. The lowest BCUT2D eigenvalue weighted by Gasteiger charge is -2.10. The number of carbonyl (C=O) groups is 1. The molecule has 4 heteroatoms. The Morgan fingerprint density at radius 2 is 1.87 bits per heavy atom. The fourth-order valence-electron chi connectivity index (χ4n) is 1.08. The van der Waals surface area contributed by atoms with Crippen LogP contribution in [0.1, 0.15) is 13.8 Å². The van der Waals surface area contributed by atoms with Crippen molar-refractivity contribution in [3.63, 3.8) is 0 Å². The van der Waals surface area contributed by atoms with Crippen molar-refractivity contribution < 1.29 is 9.53 Å². The lowest BCUT2D eigenvalue weighted by Crippen LogP contribution is -2.24. The predicted octanol–water partition coefficient (Wildman–Crippen LogP) is 2.23. The summed E-state index contributed by atoms with van der Waals surface area (Å²) in [6.45, 7) is 3.94. The van der Waals surface area contributed by atoms with Crippen molar-refractivity contribution in [3.05, 3.63) is 24.3 Å². The van der Waals surface area contributed by atoms with Gasteiger partial charge in [-0.2, -0.15) is 0 Å². The van der Waals surface area contributed by atoms with Gasteiger partial charge in [-0.3, -0.25) is 0 Å². The third kappa shape index (κ3) is 3.89. The number of nitrogens with one attached hydrogen (secondary N) is 2. The number of hydrogen-bond donors (Lipinski definition) is 2. The van der Waals surface area contributed by atoms with Gasteiger partial charge in [0.05, 0.1) is 6.10 Å². The molecule has 4 nitrogen and oxygen atoms in total. The Morgan fingerprint density at radius 1 is 1.27 bits per heavy atom. The molecule has 0 aromatic heterocycles. The van der Waals surface area contributed by atoms with E-state index in [4.69, 9.17) is 4.74 Å². The number of ether oxygens (including phenoxy) is 1. The van der Waals surface area contributed by atoms with E-state index in [0.29, 0.717) is 0 Å². The molecule has 15 heavy (non-hydrogen) atoms. The molecule has 2 amide bonds. The van der Waals surface area contributed by atoms with Crippen LogP contribution in [0.15, 0.2) is 24.3 Å². The van der Waals surface area contributed by atoms with Gasteiger partial charge in [-0.1, -0.05) is 0 Å². The maximum Gasteiger partial charge on any atom is 0.318 e. The first-order valence-electron chi connectivity index (χ1n) is 4.87. The minimum absolute atomic E-state index is 0.155. The Morgan fingerprint density at radius 3 is 2.33 bits per heavy atom. The van der Waals surface area contributed by atoms with Crippen LogP contribution in [0.2, 0.25) is 0 Å². The highest BCUT2D eigenvalue weighted by Gasteiger charge is 2.00. The topological polar surface area (TPSA) is 50.4 Å². The number of benzene rings is 1. The van der Waals surface area contributed by atoms with Gasteiger partial charge in [0.25, 0.3) is 0 Å². The van der Waals surface area contributed by atoms with Crippen molar-refractivity contribution in [3.8, 4) is 5.75 Å². The molecule has 2 N–H and O–H groups in total. The summed E-state index contributed by atoms with van der Waals surface area (Å²) >= 11 is 0. The van der Waals surface area contributed by atoms with Gasteiger partial charge in [0.1, 0.15) is 5.75 Å². The van der Waals surface area contributed by atoms with E-state index in [2.05, 4.69) is 10.6 Å². The maximum atomic E-state index is 11.0. The van der Waals surface area contributed by atoms with Crippen molar-refractivity contribution in [1.82, 2.24) is 5.32 Å². The van der Waals surface area contributed by atoms with E-state index in [1.165, 1.54) is 0 Å². The van der Waals surface area contributed by atoms with E-state index >= 15 is 0 Å². The zero-order valence-electron chi connectivity index (χ0n) is 9.20. The highest BCUT2D eigenvalue weighted by atomic mass is 16.5. The van der Waals surface area contributed by atoms with Gasteiger partial charge in [-0.05, 0) is 38.1 Å². The molecule has 0 heterocycles. The fraction of sp³-hybridized carbons (Fsp3) is 0.364. The number of anilines is 1. The Hall–Kier alpha value is -1.71. The number of amides is 2. The molecule has 0 aliphatic rings. The molecule has 0 fully saturated rings. The molecule has 0 spiro atoms. The molecular formula is C11H16N2O2. The highest BCUT2D eigenvalue weighted by molar-refractivity contribution is 5.88. The van der Waals surface area contributed by atoms with Gasteiger partial charge in [0.15, 0.2) is 0 Å². The Labute approximate surface area is 89.6 Å². The molecule has 0 aliphatic carbocycles. The fourth-order valence-corrected chi connectivity index (χ4v) is 1.08. The van der Waals surface area contributed by atoms with E-state index < -0.39 is 0 Å². The highest BCUT2D eigenvalue weighted by Crippen LogP contribution is 2.16. The van der Waals surface area contributed by atoms with Crippen LogP contribution in [0.25, 0.3) is 0 Å². The second-order valence-electron chi connectivity index (χ2n) is 3.40. The molecule has 0 aliphatic heterocycles. The maximum absolute atomic E-state index is 11.0. The molecular weight excluding hydrogens is 192 g/mol. The standard InChI is InChI=1S/C11H16N2O2/c1-8(2)15-10-6-4-9(5-7-10)13-11(14)12-3/h4-8H,1-3H3,(H2,12,13,14). The van der Waals surface area contributed by atoms with Crippen LogP contribution >= 0.6 is 0 Å². The largest absolute Gasteiger partial charge is 0.491 e. The van der Waals surface area contributed by atoms with E-state index in [-0.39, 0.29) is 12.1 Å². The first-order valence-corrected chi connectivity index (χ1v) is 4.87. The number of carbonyl (C=O) groups excluding carboxylic acids is 1. The van der Waals surface area contributed by atoms with Crippen molar-refractivity contribution in [1.29, 1.82) is 0 Å². The summed E-state index contributed by atoms with van der Waals surface area (Å²) in [5, 5.41) is 5.15. The van der Waals surface area contributed by atoms with Crippen LogP contribution in [0.4, 0.5) is 10.5 Å². The lowest BCUT2D eigenvalue weighted by atomic mass is 10.3. The van der Waals surface area contributed by atoms with Gasteiger partial charge in [0.2, 0.25) is 0 Å². The van der Waals surface area contributed by atoms with E-state index in [0.717, 1.165) is 11.4 Å². The minimum atomic E-state index is -0.229. The Balaban J connectivity index is 2.60. The van der Waals surface area contributed by atoms with Gasteiger partial charge < -0.3 is 15.4 Å². The average Bonchev–Trinajstić information content (AvgIpc) is 2.20. The van der Waals surface area contributed by atoms with Gasteiger partial charge in [0, 0.05) is 12.7 Å². The molecule has 0 atom stereocenters. The van der Waals surface area contributed by atoms with E-state index in [1.807, 2.05) is 26.0 Å². The van der Waals surface area contributed by atoms with Crippen LogP contribution in [0, 0.1) is 0 Å². The second-order valence-corrected chi connectivity index (χ2v) is 3.40. The number of urea groups is 1. The summed E-state index contributed by atoms with van der Waals surface area (Å²) in [6, 6.07) is 7.02. The van der Waals surface area contributed by atoms with Gasteiger partial charge >= 0.3 is 6.03 Å². The summed E-state index contributed by atoms with van der Waals surface area (Å²) in [7, 11) is 1.57. The third-order valence-electron chi connectivity index (χ3n) is 1.71. The SMILES string of the molecule is CNC(=O)Nc1ccc(OC(C)C)cc1. The minimum Gasteiger partial charge on any atom is -0.491 e. The monoisotopic (exact) mass is 208 g/mol. The third-order valence-corrected chi connectivity index (χ3v) is 1.71. The summed E-state index contributed by atoms with van der Waals surface area (Å²) in [6.07, 6.45) is 0.155. The Kier molecular flexibility index (Phi) is 3.97. The summed E-state index contributed by atoms with van der Waals surface area (Å²) in [4.78, 5) is 11.0. The molecule has 1 aromatic carbocycles. The van der Waals surface area contributed by atoms with Crippen LogP contribution in [-0.2, 0) is 0 Å². The normalized spacial score (nSPS) is 9.87. The van der Waals surface area contributed by atoms with Crippen LogP contribution in [0.5, 0.6) is 5.75 Å². The van der Waals surface area contributed by atoms with Crippen molar-refractivity contribution in [2.75, 3.05) is 12.4 Å². The van der Waals surface area contributed by atoms with Gasteiger partial charge in [-0.15, -0.1) is 0 Å². The zero-order valence-corrected chi connectivity index (χ0v) is 9.20. The van der Waals surface area contributed by atoms with Crippen LogP contribution in [-0.4, -0.2) is 19.2 Å². The predicted molar refractivity (Wildman–Crippen MR) is 60.3 cm³/mol. The quantitative estimate of drug-likeness (QED) is 0.800. The average molecular weight is 208 g/mol. The Bertz CT molecular complexity index is 320. The molecule has 82 valence electrons. The number of rotatable bonds is 3. The van der Waals surface area contributed by atoms with Crippen molar-refractivity contribution in [2.24, 2.45) is 0 Å². The molecule has 0 saturated heterocycles. The summed E-state index contributed by atoms with van der Waals surface area (Å²) < 4.78 is 5.47. The number of hydrogen-bond acceptors (Lipinski definition) is 2. The lowest BCUT2D eigenvalue weighted by molar-refractivity contribution is 0.242. The molecule has 0 saturated carbocycles. The van der Waals surface area contributed by atoms with Crippen LogP contribution < -0.4 is 15.4 Å². The van der Waals surface area contributed by atoms with E-state index in [9.17, 15) is 4.79 Å². The molecule has 1 aromatic rings. The summed E-state index contributed by atoms with van der Waals surface area (Å²) in [5.74, 6) is 0.799. The van der Waals surface area contributed by atoms with Crippen molar-refractivity contribution >= 4 is 11.7 Å². The van der Waals surface area contributed by atoms with Crippen LogP contribution in [0.3, 0.4) is 0 Å².